The van der Waals surface area contributed by atoms with Crippen molar-refractivity contribution in [2.45, 2.75) is 38.9 Å². The lowest BCUT2D eigenvalue weighted by Crippen LogP contribution is -2.11. The Labute approximate surface area is 146 Å². The summed E-state index contributed by atoms with van der Waals surface area (Å²) in [5.74, 6) is 1.84. The second kappa shape index (κ2) is 8.55. The summed E-state index contributed by atoms with van der Waals surface area (Å²) < 4.78 is 5.93. The maximum absolute atomic E-state index is 11.9. The highest BCUT2D eigenvalue weighted by Crippen LogP contribution is 2.32. The zero-order valence-electron chi connectivity index (χ0n) is 13.8. The number of para-hydroxylation sites is 1. The number of pyridine rings is 1. The SMILES string of the molecule is CCCSC(C)COc1cccc2c(Cl)c(C(=O)CC)cnc12. The fourth-order valence-electron chi connectivity index (χ4n) is 2.24. The van der Waals surface area contributed by atoms with Gasteiger partial charge in [-0.15, -0.1) is 0 Å². The topological polar surface area (TPSA) is 39.2 Å². The van der Waals surface area contributed by atoms with E-state index in [4.69, 9.17) is 16.3 Å². The van der Waals surface area contributed by atoms with E-state index >= 15 is 0 Å². The van der Waals surface area contributed by atoms with E-state index in [2.05, 4.69) is 18.8 Å². The lowest BCUT2D eigenvalue weighted by molar-refractivity contribution is 0.0988. The molecular weight excluding hydrogens is 330 g/mol. The molecule has 1 unspecified atom stereocenters. The molecule has 0 aliphatic carbocycles. The Morgan fingerprint density at radius 3 is 2.87 bits per heavy atom. The largest absolute Gasteiger partial charge is 0.490 e. The third-order valence-electron chi connectivity index (χ3n) is 3.50. The first-order valence-electron chi connectivity index (χ1n) is 7.93. The maximum Gasteiger partial charge on any atom is 0.165 e. The van der Waals surface area contributed by atoms with Crippen LogP contribution in [0.25, 0.3) is 10.9 Å². The fourth-order valence-corrected chi connectivity index (χ4v) is 3.35. The molecule has 2 rings (SSSR count). The Balaban J connectivity index is 2.25. The maximum atomic E-state index is 11.9. The summed E-state index contributed by atoms with van der Waals surface area (Å²) in [6.07, 6.45) is 3.13. The molecule has 1 heterocycles. The number of halogens is 1. The van der Waals surface area contributed by atoms with Crippen molar-refractivity contribution in [1.29, 1.82) is 0 Å². The Morgan fingerprint density at radius 1 is 1.39 bits per heavy atom. The van der Waals surface area contributed by atoms with Gasteiger partial charge < -0.3 is 4.74 Å². The number of ether oxygens (including phenoxy) is 1. The van der Waals surface area contributed by atoms with Crippen LogP contribution in [0.4, 0.5) is 0 Å². The number of hydrogen-bond donors (Lipinski definition) is 0. The van der Waals surface area contributed by atoms with Crippen molar-refractivity contribution in [2.75, 3.05) is 12.4 Å². The standard InChI is InChI=1S/C18H22ClNO2S/c1-4-9-23-12(3)11-22-16-8-6-7-13-17(19)14(15(21)5-2)10-20-18(13)16/h6-8,10,12H,4-5,9,11H2,1-3H3. The van der Waals surface area contributed by atoms with E-state index in [0.717, 1.165) is 17.6 Å². The number of thioether (sulfide) groups is 1. The lowest BCUT2D eigenvalue weighted by atomic mass is 10.1. The molecule has 0 N–H and O–H groups in total. The number of benzene rings is 1. The number of Topliss-reactive ketones (excluding diaryl/α,β-unsaturated/α-hetero) is 1. The first kappa shape index (κ1) is 18.1. The number of nitrogens with zero attached hydrogens (tertiary/aromatic N) is 1. The van der Waals surface area contributed by atoms with Gasteiger partial charge in [0.15, 0.2) is 5.78 Å². The molecule has 0 aliphatic rings. The van der Waals surface area contributed by atoms with Crippen LogP contribution in [0.15, 0.2) is 24.4 Å². The average Bonchev–Trinajstić information content (AvgIpc) is 2.57. The molecule has 3 nitrogen and oxygen atoms in total. The quantitative estimate of drug-likeness (QED) is 0.597. The summed E-state index contributed by atoms with van der Waals surface area (Å²) in [6.45, 7) is 6.77. The molecular formula is C18H22ClNO2S. The van der Waals surface area contributed by atoms with Crippen molar-refractivity contribution in [3.8, 4) is 5.75 Å². The minimum absolute atomic E-state index is 0.000286. The number of ketones is 1. The lowest BCUT2D eigenvalue weighted by Gasteiger charge is -2.14. The molecule has 0 aliphatic heterocycles. The normalized spacial score (nSPS) is 12.3. The Kier molecular flexibility index (Phi) is 6.72. The molecule has 23 heavy (non-hydrogen) atoms. The monoisotopic (exact) mass is 351 g/mol. The van der Waals surface area contributed by atoms with Crippen LogP contribution in [0.1, 0.15) is 44.0 Å². The van der Waals surface area contributed by atoms with Crippen molar-refractivity contribution in [1.82, 2.24) is 4.98 Å². The number of hydrogen-bond acceptors (Lipinski definition) is 4. The minimum Gasteiger partial charge on any atom is -0.490 e. The predicted molar refractivity (Wildman–Crippen MR) is 99.1 cm³/mol. The van der Waals surface area contributed by atoms with E-state index in [1.165, 1.54) is 0 Å². The van der Waals surface area contributed by atoms with Gasteiger partial charge in [0.2, 0.25) is 0 Å². The van der Waals surface area contributed by atoms with E-state index < -0.39 is 0 Å². The molecule has 1 aromatic carbocycles. The zero-order valence-corrected chi connectivity index (χ0v) is 15.3. The second-order valence-corrected chi connectivity index (χ2v) is 7.33. The Bertz CT molecular complexity index is 690. The van der Waals surface area contributed by atoms with Gasteiger partial charge in [-0.3, -0.25) is 9.78 Å². The second-order valence-electron chi connectivity index (χ2n) is 5.41. The Morgan fingerprint density at radius 2 is 2.17 bits per heavy atom. The van der Waals surface area contributed by atoms with Crippen LogP contribution in [0.2, 0.25) is 5.02 Å². The number of aromatic nitrogens is 1. The molecule has 5 heteroatoms. The molecule has 0 spiro atoms. The summed E-state index contributed by atoms with van der Waals surface area (Å²) in [5.41, 5.74) is 1.18. The van der Waals surface area contributed by atoms with E-state index in [9.17, 15) is 4.79 Å². The highest BCUT2D eigenvalue weighted by atomic mass is 35.5. The molecule has 0 radical (unpaired) electrons. The average molecular weight is 352 g/mol. The Hall–Kier alpha value is -1.26. The van der Waals surface area contributed by atoms with Crippen LogP contribution in [-0.4, -0.2) is 28.4 Å². The van der Waals surface area contributed by atoms with Gasteiger partial charge in [-0.05, 0) is 25.2 Å². The van der Waals surface area contributed by atoms with Crippen LogP contribution in [-0.2, 0) is 0 Å². The van der Waals surface area contributed by atoms with Crippen LogP contribution < -0.4 is 4.74 Å². The summed E-state index contributed by atoms with van der Waals surface area (Å²) in [7, 11) is 0. The first-order valence-corrected chi connectivity index (χ1v) is 9.35. The highest BCUT2D eigenvalue weighted by molar-refractivity contribution is 7.99. The van der Waals surface area contributed by atoms with Crippen molar-refractivity contribution in [2.24, 2.45) is 0 Å². The van der Waals surface area contributed by atoms with Crippen molar-refractivity contribution in [3.63, 3.8) is 0 Å². The number of carbonyl (C=O) groups is 1. The minimum atomic E-state index is 0.000286. The molecule has 0 saturated heterocycles. The van der Waals surface area contributed by atoms with Crippen molar-refractivity contribution < 1.29 is 9.53 Å². The summed E-state index contributed by atoms with van der Waals surface area (Å²) >= 11 is 8.30. The fraction of sp³-hybridized carbons (Fsp3) is 0.444. The number of carbonyl (C=O) groups excluding carboxylic acids is 1. The molecule has 1 aromatic heterocycles. The van der Waals surface area contributed by atoms with Gasteiger partial charge in [-0.25, -0.2) is 0 Å². The highest BCUT2D eigenvalue weighted by Gasteiger charge is 2.15. The number of rotatable bonds is 8. The van der Waals surface area contributed by atoms with Gasteiger partial charge in [-0.2, -0.15) is 11.8 Å². The molecule has 0 fully saturated rings. The van der Waals surface area contributed by atoms with Crippen molar-refractivity contribution >= 4 is 40.0 Å². The molecule has 1 atom stereocenters. The van der Waals surface area contributed by atoms with Gasteiger partial charge in [0, 0.05) is 23.3 Å². The van der Waals surface area contributed by atoms with Crippen LogP contribution in [0, 0.1) is 0 Å². The predicted octanol–water partition coefficient (Wildman–Crippen LogP) is 5.39. The smallest absolute Gasteiger partial charge is 0.165 e. The summed E-state index contributed by atoms with van der Waals surface area (Å²) in [6, 6.07) is 5.65. The van der Waals surface area contributed by atoms with Gasteiger partial charge in [0.1, 0.15) is 11.3 Å². The van der Waals surface area contributed by atoms with E-state index in [0.29, 0.717) is 40.1 Å². The number of fused-ring (bicyclic) bond motifs is 1. The van der Waals surface area contributed by atoms with Gasteiger partial charge >= 0.3 is 0 Å². The molecule has 0 bridgehead atoms. The van der Waals surface area contributed by atoms with Gasteiger partial charge in [0.05, 0.1) is 17.2 Å². The summed E-state index contributed by atoms with van der Waals surface area (Å²) in [5, 5.41) is 1.64. The van der Waals surface area contributed by atoms with Gasteiger partial charge in [-0.1, -0.05) is 37.6 Å². The first-order chi connectivity index (χ1) is 11.1. The molecule has 0 saturated carbocycles. The van der Waals surface area contributed by atoms with E-state index in [-0.39, 0.29) is 5.78 Å². The third-order valence-corrected chi connectivity index (χ3v) is 5.25. The molecule has 0 amide bonds. The molecule has 2 aromatic rings. The van der Waals surface area contributed by atoms with Crippen LogP contribution in [0.5, 0.6) is 5.75 Å². The van der Waals surface area contributed by atoms with Crippen LogP contribution in [0.3, 0.4) is 0 Å². The van der Waals surface area contributed by atoms with E-state index in [1.54, 1.807) is 6.20 Å². The summed E-state index contributed by atoms with van der Waals surface area (Å²) in [4.78, 5) is 16.3. The zero-order chi connectivity index (χ0) is 16.8. The van der Waals surface area contributed by atoms with Gasteiger partial charge in [0.25, 0.3) is 0 Å². The van der Waals surface area contributed by atoms with Crippen molar-refractivity contribution in [3.05, 3.63) is 35.0 Å². The third kappa shape index (κ3) is 4.39. The van der Waals surface area contributed by atoms with Crippen LogP contribution >= 0.6 is 23.4 Å². The van der Waals surface area contributed by atoms with E-state index in [1.807, 2.05) is 36.9 Å². The molecule has 124 valence electrons.